The van der Waals surface area contributed by atoms with Crippen LogP contribution in [-0.4, -0.2) is 38.3 Å². The fraction of sp³-hybridized carbons (Fsp3) is 0.280. The third kappa shape index (κ3) is 4.33. The van der Waals surface area contributed by atoms with E-state index in [-0.39, 0.29) is 18.3 Å². The maximum Gasteiger partial charge on any atom is 0.252 e. The first kappa shape index (κ1) is 21.9. The molecule has 1 atom stereocenters. The summed E-state index contributed by atoms with van der Waals surface area (Å²) in [7, 11) is 0. The van der Waals surface area contributed by atoms with Crippen LogP contribution < -0.4 is 10.1 Å². The SMILES string of the molecule is Cc1nn(-c2ccccn2)c2nc(C3CC3)cc(C(=O)NC(C)COc3ccc(F)cc3F)c12. The molecular weight excluding hydrogens is 440 g/mol. The van der Waals surface area contributed by atoms with E-state index in [0.717, 1.165) is 30.7 Å². The molecule has 1 aromatic carbocycles. The first-order valence-electron chi connectivity index (χ1n) is 11.1. The molecule has 1 unspecified atom stereocenters. The zero-order chi connectivity index (χ0) is 23.8. The standard InChI is InChI=1S/C25H23F2N5O2/c1-14(13-34-21-9-8-17(26)11-19(21)27)29-25(33)18-12-20(16-6-7-16)30-24-23(18)15(2)31-32(24)22-5-3-4-10-28-22/h3-5,8-12,14,16H,6-7,13H2,1-2H3,(H,29,33). The largest absolute Gasteiger partial charge is 0.488 e. The molecular formula is C25H23F2N5O2. The van der Waals surface area contributed by atoms with Gasteiger partial charge in [0, 0.05) is 23.9 Å². The fourth-order valence-corrected chi connectivity index (χ4v) is 3.86. The second-order valence-electron chi connectivity index (χ2n) is 8.51. The van der Waals surface area contributed by atoms with Crippen molar-refractivity contribution in [1.29, 1.82) is 0 Å². The van der Waals surface area contributed by atoms with Gasteiger partial charge in [-0.1, -0.05) is 6.07 Å². The van der Waals surface area contributed by atoms with Gasteiger partial charge in [-0.25, -0.2) is 18.7 Å². The lowest BCUT2D eigenvalue weighted by Gasteiger charge is -2.16. The number of aromatic nitrogens is 4. The highest BCUT2D eigenvalue weighted by atomic mass is 19.1. The van der Waals surface area contributed by atoms with E-state index < -0.39 is 17.7 Å². The van der Waals surface area contributed by atoms with E-state index >= 15 is 0 Å². The number of hydrogen-bond acceptors (Lipinski definition) is 5. The van der Waals surface area contributed by atoms with E-state index in [0.29, 0.717) is 34.0 Å². The zero-order valence-corrected chi connectivity index (χ0v) is 18.8. The number of aryl methyl sites for hydroxylation is 1. The second kappa shape index (κ2) is 8.81. The van der Waals surface area contributed by atoms with Gasteiger partial charge >= 0.3 is 0 Å². The number of carbonyl (C=O) groups is 1. The Balaban J connectivity index is 1.43. The van der Waals surface area contributed by atoms with E-state index in [2.05, 4.69) is 15.4 Å². The summed E-state index contributed by atoms with van der Waals surface area (Å²) in [5, 5.41) is 8.18. The van der Waals surface area contributed by atoms with Crippen molar-refractivity contribution in [2.75, 3.05) is 6.61 Å². The molecule has 1 aliphatic rings. The second-order valence-corrected chi connectivity index (χ2v) is 8.51. The third-order valence-corrected chi connectivity index (χ3v) is 5.70. The van der Waals surface area contributed by atoms with Crippen LogP contribution in [0, 0.1) is 18.6 Å². The lowest BCUT2D eigenvalue weighted by molar-refractivity contribution is 0.0927. The van der Waals surface area contributed by atoms with E-state index in [1.807, 2.05) is 31.2 Å². The zero-order valence-electron chi connectivity index (χ0n) is 18.8. The van der Waals surface area contributed by atoms with Gasteiger partial charge in [0.1, 0.15) is 12.4 Å². The Hall–Kier alpha value is -3.88. The lowest BCUT2D eigenvalue weighted by atomic mass is 10.1. The van der Waals surface area contributed by atoms with Gasteiger partial charge in [-0.3, -0.25) is 4.79 Å². The normalized spacial score (nSPS) is 14.2. The number of hydrogen-bond donors (Lipinski definition) is 1. The maximum atomic E-state index is 13.8. The molecule has 3 aromatic heterocycles. The number of amides is 1. The average Bonchev–Trinajstić information content (AvgIpc) is 3.62. The van der Waals surface area contributed by atoms with Crippen molar-refractivity contribution in [3.63, 3.8) is 0 Å². The van der Waals surface area contributed by atoms with Crippen molar-refractivity contribution in [1.82, 2.24) is 25.1 Å². The molecule has 1 saturated carbocycles. The fourth-order valence-electron chi connectivity index (χ4n) is 3.86. The van der Waals surface area contributed by atoms with E-state index in [1.54, 1.807) is 17.8 Å². The van der Waals surface area contributed by atoms with Crippen molar-refractivity contribution in [3.05, 3.63) is 77.2 Å². The summed E-state index contributed by atoms with van der Waals surface area (Å²) in [5.74, 6) is -0.894. The van der Waals surface area contributed by atoms with Crippen molar-refractivity contribution in [3.8, 4) is 11.6 Å². The molecule has 1 fully saturated rings. The predicted octanol–water partition coefficient (Wildman–Crippen LogP) is 4.48. The number of halogens is 2. The summed E-state index contributed by atoms with van der Waals surface area (Å²) in [5.41, 5.74) is 2.58. The molecule has 9 heteroatoms. The highest BCUT2D eigenvalue weighted by Gasteiger charge is 2.29. The minimum Gasteiger partial charge on any atom is -0.488 e. The van der Waals surface area contributed by atoms with Gasteiger partial charge in [-0.15, -0.1) is 0 Å². The monoisotopic (exact) mass is 463 g/mol. The number of nitrogens with zero attached hydrogens (tertiary/aromatic N) is 4. The van der Waals surface area contributed by atoms with Crippen molar-refractivity contribution in [2.45, 2.75) is 38.6 Å². The number of rotatable bonds is 7. The molecule has 34 heavy (non-hydrogen) atoms. The molecule has 5 rings (SSSR count). The molecule has 0 spiro atoms. The smallest absolute Gasteiger partial charge is 0.252 e. The third-order valence-electron chi connectivity index (χ3n) is 5.70. The van der Waals surface area contributed by atoms with E-state index in [4.69, 9.17) is 9.72 Å². The van der Waals surface area contributed by atoms with Crippen molar-refractivity contribution in [2.24, 2.45) is 0 Å². The van der Waals surface area contributed by atoms with E-state index in [9.17, 15) is 13.6 Å². The topological polar surface area (TPSA) is 81.9 Å². The van der Waals surface area contributed by atoms with Gasteiger partial charge < -0.3 is 10.1 Å². The summed E-state index contributed by atoms with van der Waals surface area (Å²) >= 11 is 0. The van der Waals surface area contributed by atoms with Crippen LogP contribution in [0.25, 0.3) is 16.9 Å². The summed E-state index contributed by atoms with van der Waals surface area (Å²) in [6, 6.07) is 10.0. The highest BCUT2D eigenvalue weighted by Crippen LogP contribution is 2.40. The molecule has 0 saturated heterocycles. The molecule has 174 valence electrons. The van der Waals surface area contributed by atoms with Crippen LogP contribution in [0.4, 0.5) is 8.78 Å². The number of ether oxygens (including phenoxy) is 1. The van der Waals surface area contributed by atoms with Gasteiger partial charge in [-0.2, -0.15) is 9.78 Å². The Morgan fingerprint density at radius 1 is 1.24 bits per heavy atom. The molecule has 1 amide bonds. The number of pyridine rings is 2. The Morgan fingerprint density at radius 2 is 2.06 bits per heavy atom. The first-order chi connectivity index (χ1) is 16.4. The Labute approximate surface area is 194 Å². The van der Waals surface area contributed by atoms with Gasteiger partial charge in [0.25, 0.3) is 5.91 Å². The Bertz CT molecular complexity index is 1370. The van der Waals surface area contributed by atoms with Gasteiger partial charge in [0.15, 0.2) is 23.0 Å². The first-order valence-corrected chi connectivity index (χ1v) is 11.1. The van der Waals surface area contributed by atoms with Crippen LogP contribution >= 0.6 is 0 Å². The minimum absolute atomic E-state index is 0.0180. The molecule has 1 N–H and O–H groups in total. The van der Waals surface area contributed by atoms with Gasteiger partial charge in [0.2, 0.25) is 0 Å². The molecule has 0 bridgehead atoms. The van der Waals surface area contributed by atoms with Gasteiger partial charge in [0.05, 0.1) is 22.7 Å². The molecule has 0 aliphatic heterocycles. The minimum atomic E-state index is -0.791. The summed E-state index contributed by atoms with van der Waals surface area (Å²) in [6.45, 7) is 3.61. The molecule has 0 radical (unpaired) electrons. The molecule has 1 aliphatic carbocycles. The molecule has 7 nitrogen and oxygen atoms in total. The quantitative estimate of drug-likeness (QED) is 0.437. The molecule has 3 heterocycles. The Morgan fingerprint density at radius 3 is 2.76 bits per heavy atom. The number of benzene rings is 1. The predicted molar refractivity (Wildman–Crippen MR) is 122 cm³/mol. The number of fused-ring (bicyclic) bond motifs is 1. The van der Waals surface area contributed by atoms with Crippen LogP contribution in [0.2, 0.25) is 0 Å². The summed E-state index contributed by atoms with van der Waals surface area (Å²) in [6.07, 6.45) is 3.75. The van der Waals surface area contributed by atoms with E-state index in [1.165, 1.54) is 6.07 Å². The van der Waals surface area contributed by atoms with Crippen LogP contribution in [0.1, 0.15) is 47.4 Å². The van der Waals surface area contributed by atoms with Crippen LogP contribution in [0.5, 0.6) is 5.75 Å². The maximum absolute atomic E-state index is 13.8. The average molecular weight is 463 g/mol. The van der Waals surface area contributed by atoms with Crippen LogP contribution in [0.15, 0.2) is 48.7 Å². The summed E-state index contributed by atoms with van der Waals surface area (Å²) < 4.78 is 34.0. The van der Waals surface area contributed by atoms with Crippen LogP contribution in [0.3, 0.4) is 0 Å². The van der Waals surface area contributed by atoms with Crippen LogP contribution in [-0.2, 0) is 0 Å². The lowest BCUT2D eigenvalue weighted by Crippen LogP contribution is -2.37. The van der Waals surface area contributed by atoms with Crippen molar-refractivity contribution >= 4 is 16.9 Å². The number of carbonyl (C=O) groups excluding carboxylic acids is 1. The number of nitrogens with one attached hydrogen (secondary N) is 1. The van der Waals surface area contributed by atoms with Crippen molar-refractivity contribution < 1.29 is 18.3 Å². The Kier molecular flexibility index (Phi) is 5.69. The van der Waals surface area contributed by atoms with Gasteiger partial charge in [-0.05, 0) is 57.0 Å². The molecule has 4 aromatic rings. The highest BCUT2D eigenvalue weighted by molar-refractivity contribution is 6.07. The summed E-state index contributed by atoms with van der Waals surface area (Å²) in [4.78, 5) is 22.5.